The maximum atomic E-state index is 15.1. The number of fused-ring (bicyclic) bond motifs is 4. The van der Waals surface area contributed by atoms with Crippen molar-refractivity contribution in [3.8, 4) is 5.75 Å². The molecule has 2 aliphatic rings. The molecule has 4 aromatic rings. The number of carboxylic acid groups (broad SMARTS) is 1. The summed E-state index contributed by atoms with van der Waals surface area (Å²) in [6.45, 7) is 0.176. The minimum absolute atomic E-state index is 0.0570. The van der Waals surface area contributed by atoms with E-state index in [4.69, 9.17) is 16.3 Å². The third-order valence-corrected chi connectivity index (χ3v) is 6.89. The van der Waals surface area contributed by atoms with Gasteiger partial charge in [-0.1, -0.05) is 29.8 Å². The number of allylic oxidation sites excluding steroid dienone is 4. The normalized spacial score (nSPS) is 14.9. The number of halogens is 3. The largest absolute Gasteiger partial charge is 0.492 e. The SMILES string of the molecule is O=C1CC=CC=C1c1c(C(=O)O)n(Cc2cc3ccc(F)cc3nc2Cl)c2cc(F)c3c(c12)OCC3. The molecule has 2 aromatic carbocycles. The Bertz CT molecular complexity index is 1700. The van der Waals surface area contributed by atoms with Crippen LogP contribution >= 0.6 is 11.6 Å². The van der Waals surface area contributed by atoms with E-state index in [2.05, 4.69) is 4.98 Å². The van der Waals surface area contributed by atoms with Crippen LogP contribution in [0, 0.1) is 11.6 Å². The predicted molar refractivity (Wildman–Crippen MR) is 131 cm³/mol. The minimum atomic E-state index is -1.29. The van der Waals surface area contributed by atoms with Crippen LogP contribution in [0.4, 0.5) is 8.78 Å². The van der Waals surface area contributed by atoms with Gasteiger partial charge in [0.05, 0.1) is 29.6 Å². The molecule has 1 aliphatic heterocycles. The highest BCUT2D eigenvalue weighted by atomic mass is 35.5. The van der Waals surface area contributed by atoms with Crippen LogP contribution in [-0.2, 0) is 17.8 Å². The Morgan fingerprint density at radius 2 is 2.06 bits per heavy atom. The molecule has 2 aromatic heterocycles. The van der Waals surface area contributed by atoms with Crippen LogP contribution < -0.4 is 4.74 Å². The summed E-state index contributed by atoms with van der Waals surface area (Å²) in [7, 11) is 0. The van der Waals surface area contributed by atoms with Gasteiger partial charge in [-0.25, -0.2) is 18.6 Å². The van der Waals surface area contributed by atoms with Crippen LogP contribution in [0.2, 0.25) is 5.15 Å². The molecule has 0 amide bonds. The van der Waals surface area contributed by atoms with Gasteiger partial charge < -0.3 is 14.4 Å². The quantitative estimate of drug-likeness (QED) is 0.358. The topological polar surface area (TPSA) is 81.4 Å². The molecule has 0 unspecified atom stereocenters. The lowest BCUT2D eigenvalue weighted by atomic mass is 9.92. The third kappa shape index (κ3) is 3.40. The molecule has 0 radical (unpaired) electrons. The number of rotatable bonds is 4. The van der Waals surface area contributed by atoms with E-state index in [9.17, 15) is 19.1 Å². The van der Waals surface area contributed by atoms with Gasteiger partial charge in [-0.15, -0.1) is 0 Å². The monoisotopic (exact) mass is 506 g/mol. The summed E-state index contributed by atoms with van der Waals surface area (Å²) in [5.74, 6) is -2.26. The molecule has 3 heterocycles. The lowest BCUT2D eigenvalue weighted by Crippen LogP contribution is -2.14. The first-order chi connectivity index (χ1) is 17.3. The fraction of sp³-hybridized carbons (Fsp3) is 0.148. The van der Waals surface area contributed by atoms with Crippen LogP contribution in [-0.4, -0.2) is 33.0 Å². The van der Waals surface area contributed by atoms with Crippen molar-refractivity contribution in [3.05, 3.63) is 87.7 Å². The number of ether oxygens (including phenoxy) is 1. The molecule has 0 atom stereocenters. The highest BCUT2D eigenvalue weighted by Crippen LogP contribution is 2.44. The van der Waals surface area contributed by atoms with Crippen LogP contribution in [0.1, 0.15) is 33.6 Å². The lowest BCUT2D eigenvalue weighted by molar-refractivity contribution is -0.113. The standard InChI is InChI=1S/C27H17ClF2N2O4/c28-26-14(9-13-5-6-15(29)10-19(13)31-26)12-32-20-11-18(30)16-7-8-36-25(16)23(20)22(24(32)27(34)35)17-3-1-2-4-21(17)33/h1-3,5-6,9-11H,4,7-8,12H2,(H,34,35). The van der Waals surface area contributed by atoms with Crippen molar-refractivity contribution < 1.29 is 28.2 Å². The molecular weight excluding hydrogens is 490 g/mol. The summed E-state index contributed by atoms with van der Waals surface area (Å²) in [5.41, 5.74) is 1.65. The average molecular weight is 507 g/mol. The fourth-order valence-electron chi connectivity index (χ4n) is 4.99. The van der Waals surface area contributed by atoms with Gasteiger partial charge in [0.2, 0.25) is 0 Å². The lowest BCUT2D eigenvalue weighted by Gasteiger charge is -2.13. The number of Topliss-reactive ketones (excluding diaryl/α,β-unsaturated/α-hetero) is 1. The molecule has 6 rings (SSSR count). The summed E-state index contributed by atoms with van der Waals surface area (Å²) < 4.78 is 36.0. The highest BCUT2D eigenvalue weighted by Gasteiger charge is 2.33. The fourth-order valence-corrected chi connectivity index (χ4v) is 5.19. The van der Waals surface area contributed by atoms with Crippen molar-refractivity contribution in [2.75, 3.05) is 6.61 Å². The van der Waals surface area contributed by atoms with Gasteiger partial charge in [-0.2, -0.15) is 0 Å². The first kappa shape index (κ1) is 22.4. The Balaban J connectivity index is 1.66. The molecule has 9 heteroatoms. The van der Waals surface area contributed by atoms with Gasteiger partial charge in [-0.3, -0.25) is 4.79 Å². The molecule has 0 spiro atoms. The van der Waals surface area contributed by atoms with Crippen molar-refractivity contribution in [2.24, 2.45) is 0 Å². The van der Waals surface area contributed by atoms with E-state index in [1.165, 1.54) is 22.8 Å². The first-order valence-electron chi connectivity index (χ1n) is 11.2. The number of aromatic carboxylic acids is 1. The number of hydrogen-bond acceptors (Lipinski definition) is 4. The van der Waals surface area contributed by atoms with E-state index in [-0.39, 0.29) is 58.6 Å². The van der Waals surface area contributed by atoms with Crippen molar-refractivity contribution in [3.63, 3.8) is 0 Å². The molecule has 0 saturated carbocycles. The summed E-state index contributed by atoms with van der Waals surface area (Å²) in [5, 5.41) is 11.4. The number of hydrogen-bond donors (Lipinski definition) is 1. The number of ketones is 1. The number of benzene rings is 2. The van der Waals surface area contributed by atoms with E-state index in [1.807, 2.05) is 0 Å². The molecule has 6 nitrogen and oxygen atoms in total. The number of pyridine rings is 1. The van der Waals surface area contributed by atoms with Crippen molar-refractivity contribution >= 4 is 50.7 Å². The molecule has 0 saturated heterocycles. The number of carboxylic acids is 1. The zero-order valence-electron chi connectivity index (χ0n) is 18.6. The van der Waals surface area contributed by atoms with E-state index in [1.54, 1.807) is 30.4 Å². The smallest absolute Gasteiger partial charge is 0.353 e. The zero-order valence-corrected chi connectivity index (χ0v) is 19.4. The summed E-state index contributed by atoms with van der Waals surface area (Å²) in [4.78, 5) is 29.8. The molecule has 180 valence electrons. The van der Waals surface area contributed by atoms with E-state index in [0.29, 0.717) is 33.8 Å². The highest BCUT2D eigenvalue weighted by molar-refractivity contribution is 6.30. The maximum Gasteiger partial charge on any atom is 0.353 e. The van der Waals surface area contributed by atoms with E-state index in [0.717, 1.165) is 0 Å². The van der Waals surface area contributed by atoms with Crippen molar-refractivity contribution in [2.45, 2.75) is 19.4 Å². The van der Waals surface area contributed by atoms with Crippen LogP contribution in [0.15, 0.2) is 48.6 Å². The van der Waals surface area contributed by atoms with Gasteiger partial charge in [0, 0.05) is 46.6 Å². The van der Waals surface area contributed by atoms with Gasteiger partial charge >= 0.3 is 5.97 Å². The van der Waals surface area contributed by atoms with Gasteiger partial charge in [-0.05, 0) is 24.3 Å². The molecule has 0 fully saturated rings. The Hall–Kier alpha value is -4.04. The molecular formula is C27H17ClF2N2O4. The van der Waals surface area contributed by atoms with Gasteiger partial charge in [0.1, 0.15) is 28.2 Å². The third-order valence-electron chi connectivity index (χ3n) is 6.56. The number of carbonyl (C=O) groups is 2. The Labute approximate surface area is 208 Å². The Morgan fingerprint density at radius 3 is 2.83 bits per heavy atom. The second kappa shape index (κ2) is 8.27. The van der Waals surface area contributed by atoms with Crippen molar-refractivity contribution in [1.82, 2.24) is 9.55 Å². The van der Waals surface area contributed by atoms with E-state index >= 15 is 4.39 Å². The Kier molecular flexibility index (Phi) is 5.15. The predicted octanol–water partition coefficient (Wildman–Crippen LogP) is 5.71. The summed E-state index contributed by atoms with van der Waals surface area (Å²) in [6, 6.07) is 7.06. The summed E-state index contributed by atoms with van der Waals surface area (Å²) in [6.07, 6.45) is 5.42. The first-order valence-corrected chi connectivity index (χ1v) is 11.6. The molecule has 1 aliphatic carbocycles. The summed E-state index contributed by atoms with van der Waals surface area (Å²) >= 11 is 6.42. The molecule has 1 N–H and O–H groups in total. The van der Waals surface area contributed by atoms with Crippen LogP contribution in [0.25, 0.3) is 27.4 Å². The second-order valence-corrected chi connectivity index (χ2v) is 9.04. The van der Waals surface area contributed by atoms with Gasteiger partial charge in [0.25, 0.3) is 0 Å². The Morgan fingerprint density at radius 1 is 1.22 bits per heavy atom. The number of aromatic nitrogens is 2. The van der Waals surface area contributed by atoms with E-state index < -0.39 is 17.6 Å². The van der Waals surface area contributed by atoms with Crippen LogP contribution in [0.5, 0.6) is 5.75 Å². The maximum absolute atomic E-state index is 15.1. The zero-order chi connectivity index (χ0) is 25.1. The molecule has 0 bridgehead atoms. The number of nitrogens with zero attached hydrogens (tertiary/aromatic N) is 2. The van der Waals surface area contributed by atoms with Crippen molar-refractivity contribution in [1.29, 1.82) is 0 Å². The number of carbonyl (C=O) groups excluding carboxylic acids is 1. The van der Waals surface area contributed by atoms with Gasteiger partial charge in [0.15, 0.2) is 5.78 Å². The minimum Gasteiger partial charge on any atom is -0.492 e. The molecule has 36 heavy (non-hydrogen) atoms. The second-order valence-electron chi connectivity index (χ2n) is 8.68. The average Bonchev–Trinajstić information content (AvgIpc) is 3.44. The van der Waals surface area contributed by atoms with Crippen LogP contribution in [0.3, 0.4) is 0 Å².